The number of nitrogens with one attached hydrogen (secondary N) is 1. The molecule has 0 saturated heterocycles. The molecular weight excluding hydrogens is 410 g/mol. The zero-order valence-electron chi connectivity index (χ0n) is 16.8. The van der Waals surface area contributed by atoms with Crippen LogP contribution < -0.4 is 5.32 Å². The number of amides is 1. The highest BCUT2D eigenvalue weighted by Gasteiger charge is 2.29. The van der Waals surface area contributed by atoms with Crippen molar-refractivity contribution in [3.05, 3.63) is 82.1 Å². The van der Waals surface area contributed by atoms with Crippen LogP contribution in [0.3, 0.4) is 0 Å². The second-order valence-corrected chi connectivity index (χ2v) is 8.09. The van der Waals surface area contributed by atoms with Crippen molar-refractivity contribution in [2.75, 3.05) is 5.32 Å². The predicted molar refractivity (Wildman–Crippen MR) is 120 cm³/mol. The van der Waals surface area contributed by atoms with E-state index in [1.54, 1.807) is 22.9 Å². The molecule has 7 heteroatoms. The van der Waals surface area contributed by atoms with Crippen molar-refractivity contribution in [1.82, 2.24) is 14.8 Å². The molecule has 1 amide bonds. The molecule has 0 aliphatic heterocycles. The largest absolute Gasteiger partial charge is 0.321 e. The molecule has 0 spiro atoms. The highest BCUT2D eigenvalue weighted by atomic mass is 35.5. The molecule has 1 saturated carbocycles. The summed E-state index contributed by atoms with van der Waals surface area (Å²) in [4.78, 5) is 18.3. The summed E-state index contributed by atoms with van der Waals surface area (Å²) in [7, 11) is 0. The Bertz CT molecular complexity index is 1370. The van der Waals surface area contributed by atoms with Gasteiger partial charge in [-0.05, 0) is 56.2 Å². The number of pyridine rings is 1. The van der Waals surface area contributed by atoms with Gasteiger partial charge in [0.15, 0.2) is 5.65 Å². The molecule has 152 valence electrons. The smallest absolute Gasteiger partial charge is 0.256 e. The Morgan fingerprint density at radius 1 is 1.19 bits per heavy atom. The van der Waals surface area contributed by atoms with Gasteiger partial charge < -0.3 is 5.32 Å². The lowest BCUT2D eigenvalue weighted by molar-refractivity contribution is 0.102. The SMILES string of the molecule is Cc1nn(-c2ccccc2)c2nc(C3CC3)cc(C(=O)Nc3cc(Cl)ccc3C#N)c12. The van der Waals surface area contributed by atoms with Gasteiger partial charge in [-0.25, -0.2) is 9.67 Å². The minimum atomic E-state index is -0.316. The number of aryl methyl sites for hydroxylation is 1. The van der Waals surface area contributed by atoms with Crippen LogP contribution in [0.2, 0.25) is 5.02 Å². The summed E-state index contributed by atoms with van der Waals surface area (Å²) in [6.45, 7) is 1.87. The van der Waals surface area contributed by atoms with Gasteiger partial charge >= 0.3 is 0 Å². The number of nitriles is 1. The fraction of sp³-hybridized carbons (Fsp3) is 0.167. The fourth-order valence-corrected chi connectivity index (χ4v) is 3.90. The number of carbonyl (C=O) groups excluding carboxylic acids is 1. The molecule has 1 aliphatic rings. The van der Waals surface area contributed by atoms with E-state index in [-0.39, 0.29) is 5.91 Å². The third kappa shape index (κ3) is 3.54. The lowest BCUT2D eigenvalue weighted by Crippen LogP contribution is -2.14. The van der Waals surface area contributed by atoms with Crippen LogP contribution in [0.4, 0.5) is 5.69 Å². The normalized spacial score (nSPS) is 13.2. The number of carbonyl (C=O) groups is 1. The van der Waals surface area contributed by atoms with Crippen molar-refractivity contribution in [1.29, 1.82) is 5.26 Å². The summed E-state index contributed by atoms with van der Waals surface area (Å²) in [5.41, 5.74) is 4.37. The number of para-hydroxylation sites is 1. The summed E-state index contributed by atoms with van der Waals surface area (Å²) >= 11 is 6.09. The number of anilines is 1. The van der Waals surface area contributed by atoms with E-state index in [9.17, 15) is 10.1 Å². The Morgan fingerprint density at radius 3 is 2.68 bits per heavy atom. The Kier molecular flexibility index (Phi) is 4.68. The Balaban J connectivity index is 1.66. The van der Waals surface area contributed by atoms with Crippen LogP contribution in [0.15, 0.2) is 54.6 Å². The third-order valence-corrected chi connectivity index (χ3v) is 5.66. The Labute approximate surface area is 184 Å². The van der Waals surface area contributed by atoms with Gasteiger partial charge in [-0.15, -0.1) is 0 Å². The van der Waals surface area contributed by atoms with Gasteiger partial charge in [-0.2, -0.15) is 10.4 Å². The molecule has 0 bridgehead atoms. The maximum Gasteiger partial charge on any atom is 0.256 e. The van der Waals surface area contributed by atoms with E-state index >= 15 is 0 Å². The van der Waals surface area contributed by atoms with Crippen molar-refractivity contribution < 1.29 is 4.79 Å². The molecule has 0 radical (unpaired) electrons. The number of benzene rings is 2. The van der Waals surface area contributed by atoms with Crippen LogP contribution >= 0.6 is 11.6 Å². The van der Waals surface area contributed by atoms with Crippen molar-refractivity contribution >= 4 is 34.2 Å². The quantitative estimate of drug-likeness (QED) is 0.473. The predicted octanol–water partition coefficient (Wildman–Crippen LogP) is 5.38. The van der Waals surface area contributed by atoms with E-state index in [0.717, 1.165) is 24.2 Å². The molecule has 1 N–H and O–H groups in total. The second-order valence-electron chi connectivity index (χ2n) is 7.66. The number of fused-ring (bicyclic) bond motifs is 1. The molecule has 2 heterocycles. The second kappa shape index (κ2) is 7.53. The first kappa shape index (κ1) is 19.3. The van der Waals surface area contributed by atoms with Gasteiger partial charge in [0.2, 0.25) is 0 Å². The van der Waals surface area contributed by atoms with Gasteiger partial charge in [-0.3, -0.25) is 4.79 Å². The van der Waals surface area contributed by atoms with Crippen molar-refractivity contribution in [3.8, 4) is 11.8 Å². The third-order valence-electron chi connectivity index (χ3n) is 5.42. The number of halogens is 1. The molecule has 0 atom stereocenters. The standard InChI is InChI=1S/C24H18ClN5O/c1-14-22-19(24(31)28-20-11-17(25)10-9-16(20)13-26)12-21(15-7-8-15)27-23(22)30(29-14)18-5-3-2-4-6-18/h2-6,9-12,15H,7-8H2,1H3,(H,28,31). The van der Waals surface area contributed by atoms with Crippen molar-refractivity contribution in [2.24, 2.45) is 0 Å². The van der Waals surface area contributed by atoms with Crippen LogP contribution in [0.5, 0.6) is 0 Å². The minimum absolute atomic E-state index is 0.316. The van der Waals surface area contributed by atoms with Gasteiger partial charge in [0.25, 0.3) is 5.91 Å². The summed E-state index contributed by atoms with van der Waals surface area (Å²) in [5.74, 6) is 0.0417. The topological polar surface area (TPSA) is 83.6 Å². The molecule has 31 heavy (non-hydrogen) atoms. The van der Waals surface area contributed by atoms with E-state index in [1.165, 1.54) is 0 Å². The Morgan fingerprint density at radius 2 is 1.97 bits per heavy atom. The van der Waals surface area contributed by atoms with Crippen LogP contribution in [0.1, 0.15) is 46.1 Å². The molecule has 2 aromatic carbocycles. The molecule has 4 aromatic rings. The first-order valence-corrected chi connectivity index (χ1v) is 10.4. The van der Waals surface area contributed by atoms with Gasteiger partial charge in [0, 0.05) is 16.6 Å². The van der Waals surface area contributed by atoms with Crippen molar-refractivity contribution in [3.63, 3.8) is 0 Å². The summed E-state index contributed by atoms with van der Waals surface area (Å²) in [5, 5.41) is 18.1. The van der Waals surface area contributed by atoms with Gasteiger partial charge in [-0.1, -0.05) is 29.8 Å². The van der Waals surface area contributed by atoms with Crippen molar-refractivity contribution in [2.45, 2.75) is 25.7 Å². The van der Waals surface area contributed by atoms with E-state index in [1.807, 2.05) is 43.3 Å². The average molecular weight is 428 g/mol. The average Bonchev–Trinajstić information content (AvgIpc) is 3.58. The highest BCUT2D eigenvalue weighted by molar-refractivity contribution is 6.31. The number of hydrogen-bond donors (Lipinski definition) is 1. The Hall–Kier alpha value is -3.69. The summed E-state index contributed by atoms with van der Waals surface area (Å²) in [6, 6.07) is 18.5. The highest BCUT2D eigenvalue weighted by Crippen LogP contribution is 2.41. The van der Waals surface area contributed by atoms with Gasteiger partial charge in [0.1, 0.15) is 6.07 Å². The van der Waals surface area contributed by atoms with Crippen LogP contribution in [-0.4, -0.2) is 20.7 Å². The fourth-order valence-electron chi connectivity index (χ4n) is 3.73. The molecule has 6 nitrogen and oxygen atoms in total. The molecule has 5 rings (SSSR count). The molecule has 2 aromatic heterocycles. The lowest BCUT2D eigenvalue weighted by atomic mass is 10.1. The number of nitrogens with zero attached hydrogens (tertiary/aromatic N) is 4. The first-order chi connectivity index (χ1) is 15.0. The van der Waals surface area contributed by atoms with Crippen LogP contribution in [0.25, 0.3) is 16.7 Å². The zero-order chi connectivity index (χ0) is 21.5. The minimum Gasteiger partial charge on any atom is -0.321 e. The molecule has 0 unspecified atom stereocenters. The first-order valence-electron chi connectivity index (χ1n) is 10.0. The molecular formula is C24H18ClN5O. The molecule has 1 aliphatic carbocycles. The summed E-state index contributed by atoms with van der Waals surface area (Å²) < 4.78 is 1.79. The summed E-state index contributed by atoms with van der Waals surface area (Å²) in [6.07, 6.45) is 2.12. The zero-order valence-corrected chi connectivity index (χ0v) is 17.5. The van der Waals surface area contributed by atoms with Crippen LogP contribution in [-0.2, 0) is 0 Å². The van der Waals surface area contributed by atoms with Gasteiger partial charge in [0.05, 0.1) is 33.6 Å². The van der Waals surface area contributed by atoms with Crippen LogP contribution in [0, 0.1) is 18.3 Å². The number of rotatable bonds is 4. The monoisotopic (exact) mass is 427 g/mol. The van der Waals surface area contributed by atoms with E-state index in [2.05, 4.69) is 16.5 Å². The van der Waals surface area contributed by atoms with E-state index in [0.29, 0.717) is 44.5 Å². The maximum absolute atomic E-state index is 13.4. The van der Waals surface area contributed by atoms with E-state index < -0.39 is 0 Å². The lowest BCUT2D eigenvalue weighted by Gasteiger charge is -2.11. The van der Waals surface area contributed by atoms with E-state index in [4.69, 9.17) is 16.6 Å². The maximum atomic E-state index is 13.4. The number of hydrogen-bond acceptors (Lipinski definition) is 4. The number of aromatic nitrogens is 3. The molecule has 1 fully saturated rings.